The first-order chi connectivity index (χ1) is 9.78. The van der Waals surface area contributed by atoms with Crippen molar-refractivity contribution in [3.63, 3.8) is 0 Å². The molecule has 104 valence electrons. The van der Waals surface area contributed by atoms with Crippen molar-refractivity contribution in [1.29, 1.82) is 0 Å². The highest BCUT2D eigenvalue weighted by Crippen LogP contribution is 2.36. The second kappa shape index (κ2) is 5.87. The van der Waals surface area contributed by atoms with E-state index in [0.717, 1.165) is 28.6 Å². The second-order valence-corrected chi connectivity index (χ2v) is 6.58. The largest absolute Gasteiger partial charge is 0.344 e. The van der Waals surface area contributed by atoms with Gasteiger partial charge in [-0.2, -0.15) is 0 Å². The first-order valence-corrected chi connectivity index (χ1v) is 8.15. The average Bonchev–Trinajstić information content (AvgIpc) is 3.06. The Labute approximate surface area is 124 Å². The van der Waals surface area contributed by atoms with Gasteiger partial charge in [0.05, 0.1) is 11.4 Å². The van der Waals surface area contributed by atoms with E-state index in [1.165, 1.54) is 4.88 Å². The summed E-state index contributed by atoms with van der Waals surface area (Å²) in [6.07, 6.45) is 2.15. The molecule has 0 bridgehead atoms. The standard InChI is InChI=1S/C13H14N4OS2/c14-7-1-2-10-5-6-11(20-10)8-19-13-16-15-12(18)17(13)9-3-4-9/h5-6,9H,3-4,7-8,14H2,(H,15,18). The number of nitrogens with zero attached hydrogens (tertiary/aromatic N) is 2. The van der Waals surface area contributed by atoms with Gasteiger partial charge in [0.1, 0.15) is 0 Å². The average molecular weight is 306 g/mol. The van der Waals surface area contributed by atoms with E-state index in [9.17, 15) is 4.79 Å². The maximum atomic E-state index is 11.7. The molecule has 1 aliphatic rings. The summed E-state index contributed by atoms with van der Waals surface area (Å²) in [4.78, 5) is 13.9. The number of aromatic amines is 1. The fourth-order valence-corrected chi connectivity index (χ4v) is 3.78. The summed E-state index contributed by atoms with van der Waals surface area (Å²) in [6, 6.07) is 4.41. The third kappa shape index (κ3) is 2.98. The summed E-state index contributed by atoms with van der Waals surface area (Å²) in [5.41, 5.74) is 5.25. The number of H-pyrrole nitrogens is 1. The molecular weight excluding hydrogens is 292 g/mol. The molecule has 0 radical (unpaired) electrons. The van der Waals surface area contributed by atoms with E-state index in [1.807, 2.05) is 6.07 Å². The predicted molar refractivity (Wildman–Crippen MR) is 80.9 cm³/mol. The number of hydrogen-bond acceptors (Lipinski definition) is 5. The molecule has 3 N–H and O–H groups in total. The number of rotatable bonds is 4. The van der Waals surface area contributed by atoms with Crippen LogP contribution in [0.2, 0.25) is 0 Å². The van der Waals surface area contributed by atoms with Gasteiger partial charge in [0.2, 0.25) is 0 Å². The molecule has 20 heavy (non-hydrogen) atoms. The number of thiophene rings is 1. The summed E-state index contributed by atoms with van der Waals surface area (Å²) in [5.74, 6) is 6.67. The SMILES string of the molecule is NCC#Cc1ccc(CSc2n[nH]c(=O)n2C2CC2)s1. The Hall–Kier alpha value is -1.49. The van der Waals surface area contributed by atoms with Gasteiger partial charge >= 0.3 is 5.69 Å². The summed E-state index contributed by atoms with van der Waals surface area (Å²) in [5, 5.41) is 7.41. The first kappa shape index (κ1) is 13.5. The van der Waals surface area contributed by atoms with Crippen LogP contribution in [-0.2, 0) is 5.75 Å². The number of nitrogens with one attached hydrogen (secondary N) is 1. The minimum atomic E-state index is -0.101. The topological polar surface area (TPSA) is 76.7 Å². The molecule has 0 amide bonds. The van der Waals surface area contributed by atoms with Crippen LogP contribution in [0.4, 0.5) is 0 Å². The normalized spacial score (nSPS) is 14.1. The molecule has 0 saturated heterocycles. The number of aromatic nitrogens is 3. The molecule has 0 aliphatic heterocycles. The predicted octanol–water partition coefficient (Wildman–Crippen LogP) is 1.57. The van der Waals surface area contributed by atoms with Crippen molar-refractivity contribution >= 4 is 23.1 Å². The molecule has 1 fully saturated rings. The zero-order chi connectivity index (χ0) is 13.9. The van der Waals surface area contributed by atoms with Crippen LogP contribution in [0.1, 0.15) is 28.6 Å². The third-order valence-electron chi connectivity index (χ3n) is 2.90. The highest BCUT2D eigenvalue weighted by molar-refractivity contribution is 7.98. The molecular formula is C13H14N4OS2. The highest BCUT2D eigenvalue weighted by Gasteiger charge is 2.28. The maximum Gasteiger partial charge on any atom is 0.344 e. The van der Waals surface area contributed by atoms with Crippen molar-refractivity contribution in [3.05, 3.63) is 32.4 Å². The van der Waals surface area contributed by atoms with E-state index in [2.05, 4.69) is 28.1 Å². The Kier molecular flexibility index (Phi) is 3.96. The lowest BCUT2D eigenvalue weighted by Crippen LogP contribution is -2.16. The van der Waals surface area contributed by atoms with Crippen molar-refractivity contribution in [1.82, 2.24) is 14.8 Å². The van der Waals surface area contributed by atoms with Crippen LogP contribution >= 0.6 is 23.1 Å². The van der Waals surface area contributed by atoms with Gasteiger partial charge in [-0.3, -0.25) is 4.57 Å². The van der Waals surface area contributed by atoms with Crippen molar-refractivity contribution in [2.45, 2.75) is 29.8 Å². The third-order valence-corrected chi connectivity index (χ3v) is 5.09. The minimum Gasteiger partial charge on any atom is -0.320 e. The molecule has 2 aromatic rings. The van der Waals surface area contributed by atoms with Crippen LogP contribution in [0.5, 0.6) is 0 Å². The lowest BCUT2D eigenvalue weighted by Gasteiger charge is -2.01. The van der Waals surface area contributed by atoms with E-state index < -0.39 is 0 Å². The Morgan fingerprint density at radius 3 is 3.15 bits per heavy atom. The smallest absolute Gasteiger partial charge is 0.320 e. The second-order valence-electron chi connectivity index (χ2n) is 4.47. The Morgan fingerprint density at radius 2 is 2.40 bits per heavy atom. The van der Waals surface area contributed by atoms with Crippen molar-refractivity contribution in [2.24, 2.45) is 5.73 Å². The molecule has 2 heterocycles. The summed E-state index contributed by atoms with van der Waals surface area (Å²) >= 11 is 3.24. The Bertz CT molecular complexity index is 715. The quantitative estimate of drug-likeness (QED) is 0.664. The monoisotopic (exact) mass is 306 g/mol. The summed E-state index contributed by atoms with van der Waals surface area (Å²) < 4.78 is 1.77. The van der Waals surface area contributed by atoms with Crippen LogP contribution in [0.25, 0.3) is 0 Å². The number of thioether (sulfide) groups is 1. The van der Waals surface area contributed by atoms with Crippen LogP contribution in [0, 0.1) is 11.8 Å². The van der Waals surface area contributed by atoms with Gasteiger partial charge in [-0.05, 0) is 25.0 Å². The zero-order valence-electron chi connectivity index (χ0n) is 10.8. The van der Waals surface area contributed by atoms with E-state index in [-0.39, 0.29) is 5.69 Å². The minimum absolute atomic E-state index is 0.101. The van der Waals surface area contributed by atoms with Gasteiger partial charge in [0, 0.05) is 16.7 Å². The van der Waals surface area contributed by atoms with Crippen molar-refractivity contribution < 1.29 is 0 Å². The molecule has 3 rings (SSSR count). The van der Waals surface area contributed by atoms with Gasteiger partial charge in [-0.25, -0.2) is 9.89 Å². The summed E-state index contributed by atoms with van der Waals surface area (Å²) in [7, 11) is 0. The van der Waals surface area contributed by atoms with Crippen molar-refractivity contribution in [3.8, 4) is 11.8 Å². The molecule has 0 aromatic carbocycles. The molecule has 0 atom stereocenters. The van der Waals surface area contributed by atoms with Crippen LogP contribution < -0.4 is 11.4 Å². The van der Waals surface area contributed by atoms with Gasteiger partial charge in [0.25, 0.3) is 0 Å². The first-order valence-electron chi connectivity index (χ1n) is 6.35. The Morgan fingerprint density at radius 1 is 1.55 bits per heavy atom. The van der Waals surface area contributed by atoms with Crippen LogP contribution in [-0.4, -0.2) is 21.3 Å². The Balaban J connectivity index is 1.67. The summed E-state index contributed by atoms with van der Waals surface area (Å²) in [6.45, 7) is 0.378. The molecule has 5 nitrogen and oxygen atoms in total. The molecule has 2 aromatic heterocycles. The van der Waals surface area contributed by atoms with Crippen LogP contribution in [0.15, 0.2) is 22.1 Å². The van der Waals surface area contributed by atoms with Crippen molar-refractivity contribution in [2.75, 3.05) is 6.54 Å². The molecule has 1 saturated carbocycles. The van der Waals surface area contributed by atoms with E-state index >= 15 is 0 Å². The van der Waals surface area contributed by atoms with Gasteiger partial charge in [-0.1, -0.05) is 23.6 Å². The molecule has 0 unspecified atom stereocenters. The van der Waals surface area contributed by atoms with E-state index in [1.54, 1.807) is 27.7 Å². The van der Waals surface area contributed by atoms with Crippen LogP contribution in [0.3, 0.4) is 0 Å². The van der Waals surface area contributed by atoms with Gasteiger partial charge < -0.3 is 5.73 Å². The molecule has 7 heteroatoms. The molecule has 1 aliphatic carbocycles. The molecule has 0 spiro atoms. The highest BCUT2D eigenvalue weighted by atomic mass is 32.2. The van der Waals surface area contributed by atoms with E-state index in [0.29, 0.717) is 12.6 Å². The zero-order valence-corrected chi connectivity index (χ0v) is 12.4. The fraction of sp³-hybridized carbons (Fsp3) is 0.385. The van der Waals surface area contributed by atoms with Gasteiger partial charge in [0.15, 0.2) is 5.16 Å². The number of nitrogens with two attached hydrogens (primary N) is 1. The van der Waals surface area contributed by atoms with E-state index in [4.69, 9.17) is 5.73 Å². The fourth-order valence-electron chi connectivity index (χ4n) is 1.84. The lowest BCUT2D eigenvalue weighted by atomic mass is 10.4. The maximum absolute atomic E-state index is 11.7. The number of hydrogen-bond donors (Lipinski definition) is 2. The van der Waals surface area contributed by atoms with Gasteiger partial charge in [-0.15, -0.1) is 16.4 Å². The lowest BCUT2D eigenvalue weighted by molar-refractivity contribution is 0.642.